The summed E-state index contributed by atoms with van der Waals surface area (Å²) >= 11 is 0. The number of nitrogens with one attached hydrogen (secondary N) is 1. The van der Waals surface area contributed by atoms with E-state index in [-0.39, 0.29) is 18.4 Å². The standard InChI is InChI=1S/C15H21NO2/c17-10-4-3-9-16-15(18)14-8-7-12-5-1-2-6-13(12)11-14/h1-2,5-6,14,17H,3-4,7-11H2,(H,16,18). The van der Waals surface area contributed by atoms with E-state index in [1.54, 1.807) is 0 Å². The Bertz CT molecular complexity index is 403. The fourth-order valence-electron chi connectivity index (χ4n) is 2.51. The van der Waals surface area contributed by atoms with Gasteiger partial charge in [-0.3, -0.25) is 4.79 Å². The van der Waals surface area contributed by atoms with Crippen LogP contribution in [0.15, 0.2) is 24.3 Å². The number of amides is 1. The summed E-state index contributed by atoms with van der Waals surface area (Å²) in [7, 11) is 0. The number of benzene rings is 1. The van der Waals surface area contributed by atoms with Gasteiger partial charge in [-0.25, -0.2) is 0 Å². The Hall–Kier alpha value is -1.35. The van der Waals surface area contributed by atoms with Crippen LogP contribution in [0.1, 0.15) is 30.4 Å². The number of hydrogen-bond acceptors (Lipinski definition) is 2. The lowest BCUT2D eigenvalue weighted by Gasteiger charge is -2.23. The van der Waals surface area contributed by atoms with Gasteiger partial charge in [-0.05, 0) is 43.2 Å². The van der Waals surface area contributed by atoms with E-state index in [0.717, 1.165) is 32.1 Å². The Kier molecular flexibility index (Phi) is 4.76. The third-order valence-corrected chi connectivity index (χ3v) is 3.60. The second kappa shape index (κ2) is 6.55. The van der Waals surface area contributed by atoms with Crippen molar-refractivity contribution in [2.45, 2.75) is 32.1 Å². The fourth-order valence-corrected chi connectivity index (χ4v) is 2.51. The molecule has 0 heterocycles. The van der Waals surface area contributed by atoms with Crippen molar-refractivity contribution in [2.75, 3.05) is 13.2 Å². The van der Waals surface area contributed by atoms with Crippen LogP contribution in [0.2, 0.25) is 0 Å². The molecule has 1 aliphatic carbocycles. The second-order valence-electron chi connectivity index (χ2n) is 4.93. The van der Waals surface area contributed by atoms with Gasteiger partial charge in [0.1, 0.15) is 0 Å². The van der Waals surface area contributed by atoms with Crippen molar-refractivity contribution in [2.24, 2.45) is 5.92 Å². The maximum Gasteiger partial charge on any atom is 0.223 e. The van der Waals surface area contributed by atoms with Crippen LogP contribution in [0, 0.1) is 5.92 Å². The molecule has 0 aromatic heterocycles. The molecule has 3 heteroatoms. The van der Waals surface area contributed by atoms with Crippen molar-refractivity contribution in [1.29, 1.82) is 0 Å². The number of rotatable bonds is 5. The largest absolute Gasteiger partial charge is 0.396 e. The molecule has 3 nitrogen and oxygen atoms in total. The van der Waals surface area contributed by atoms with Gasteiger partial charge in [-0.15, -0.1) is 0 Å². The maximum atomic E-state index is 12.0. The van der Waals surface area contributed by atoms with Gasteiger partial charge in [0, 0.05) is 19.1 Å². The molecule has 2 rings (SSSR count). The highest BCUT2D eigenvalue weighted by molar-refractivity contribution is 5.79. The van der Waals surface area contributed by atoms with Gasteiger partial charge in [-0.2, -0.15) is 0 Å². The van der Waals surface area contributed by atoms with E-state index in [9.17, 15) is 4.79 Å². The molecular formula is C15H21NO2. The number of carbonyl (C=O) groups excluding carboxylic acids is 1. The molecule has 1 aromatic carbocycles. The number of aliphatic hydroxyl groups is 1. The van der Waals surface area contributed by atoms with Gasteiger partial charge < -0.3 is 10.4 Å². The Morgan fingerprint density at radius 1 is 1.28 bits per heavy atom. The van der Waals surface area contributed by atoms with Crippen LogP contribution >= 0.6 is 0 Å². The van der Waals surface area contributed by atoms with Gasteiger partial charge in [0.05, 0.1) is 0 Å². The minimum Gasteiger partial charge on any atom is -0.396 e. The fraction of sp³-hybridized carbons (Fsp3) is 0.533. The summed E-state index contributed by atoms with van der Waals surface area (Å²) in [6.07, 6.45) is 4.43. The number of unbranched alkanes of at least 4 members (excludes halogenated alkanes) is 1. The zero-order valence-corrected chi connectivity index (χ0v) is 10.7. The molecule has 1 atom stereocenters. The molecule has 1 aromatic rings. The number of hydrogen-bond donors (Lipinski definition) is 2. The quantitative estimate of drug-likeness (QED) is 0.778. The molecular weight excluding hydrogens is 226 g/mol. The van der Waals surface area contributed by atoms with E-state index in [2.05, 4.69) is 23.5 Å². The molecule has 1 unspecified atom stereocenters. The average Bonchev–Trinajstić information content (AvgIpc) is 2.43. The van der Waals surface area contributed by atoms with Crippen LogP contribution in [0.4, 0.5) is 0 Å². The SMILES string of the molecule is O=C(NCCCCO)C1CCc2ccccc2C1. The van der Waals surface area contributed by atoms with Crippen molar-refractivity contribution in [1.82, 2.24) is 5.32 Å². The number of aryl methyl sites for hydroxylation is 1. The predicted molar refractivity (Wildman–Crippen MR) is 71.3 cm³/mol. The molecule has 0 fully saturated rings. The van der Waals surface area contributed by atoms with E-state index in [0.29, 0.717) is 6.54 Å². The maximum absolute atomic E-state index is 12.0. The first-order chi connectivity index (χ1) is 8.81. The van der Waals surface area contributed by atoms with Crippen LogP contribution in [-0.4, -0.2) is 24.2 Å². The van der Waals surface area contributed by atoms with Crippen LogP contribution in [-0.2, 0) is 17.6 Å². The van der Waals surface area contributed by atoms with Crippen molar-refractivity contribution in [3.63, 3.8) is 0 Å². The zero-order valence-electron chi connectivity index (χ0n) is 10.7. The van der Waals surface area contributed by atoms with Crippen molar-refractivity contribution in [3.05, 3.63) is 35.4 Å². The second-order valence-corrected chi connectivity index (χ2v) is 4.93. The Morgan fingerprint density at radius 3 is 2.83 bits per heavy atom. The average molecular weight is 247 g/mol. The third-order valence-electron chi connectivity index (χ3n) is 3.60. The van der Waals surface area contributed by atoms with Crippen molar-refractivity contribution < 1.29 is 9.90 Å². The van der Waals surface area contributed by atoms with Crippen molar-refractivity contribution in [3.8, 4) is 0 Å². The van der Waals surface area contributed by atoms with Crippen molar-refractivity contribution >= 4 is 5.91 Å². The molecule has 0 bridgehead atoms. The summed E-state index contributed by atoms with van der Waals surface area (Å²) in [6, 6.07) is 8.39. The van der Waals surface area contributed by atoms with E-state index in [1.165, 1.54) is 11.1 Å². The molecule has 0 saturated carbocycles. The third kappa shape index (κ3) is 3.33. The lowest BCUT2D eigenvalue weighted by atomic mass is 9.83. The smallest absolute Gasteiger partial charge is 0.223 e. The summed E-state index contributed by atoms with van der Waals surface area (Å²) in [4.78, 5) is 12.0. The first kappa shape index (κ1) is 13.1. The first-order valence-corrected chi connectivity index (χ1v) is 6.76. The minimum atomic E-state index is 0.119. The highest BCUT2D eigenvalue weighted by atomic mass is 16.2. The summed E-state index contributed by atoms with van der Waals surface area (Å²) < 4.78 is 0. The highest BCUT2D eigenvalue weighted by Gasteiger charge is 2.23. The van der Waals surface area contributed by atoms with Gasteiger partial charge in [-0.1, -0.05) is 24.3 Å². The Morgan fingerprint density at radius 2 is 2.06 bits per heavy atom. The van der Waals surface area contributed by atoms with Gasteiger partial charge in [0.2, 0.25) is 5.91 Å². The van der Waals surface area contributed by atoms with E-state index < -0.39 is 0 Å². The van der Waals surface area contributed by atoms with Crippen LogP contribution in [0.3, 0.4) is 0 Å². The van der Waals surface area contributed by atoms with Crippen LogP contribution in [0.5, 0.6) is 0 Å². The molecule has 2 N–H and O–H groups in total. The first-order valence-electron chi connectivity index (χ1n) is 6.76. The number of carbonyl (C=O) groups is 1. The highest BCUT2D eigenvalue weighted by Crippen LogP contribution is 2.25. The van der Waals surface area contributed by atoms with Gasteiger partial charge in [0.25, 0.3) is 0 Å². The molecule has 98 valence electrons. The molecule has 0 aliphatic heterocycles. The summed E-state index contributed by atoms with van der Waals surface area (Å²) in [5.41, 5.74) is 2.71. The van der Waals surface area contributed by atoms with E-state index in [1.807, 2.05) is 6.07 Å². The van der Waals surface area contributed by atoms with Gasteiger partial charge in [0.15, 0.2) is 0 Å². The summed E-state index contributed by atoms with van der Waals surface area (Å²) in [5.74, 6) is 0.288. The molecule has 1 amide bonds. The minimum absolute atomic E-state index is 0.119. The summed E-state index contributed by atoms with van der Waals surface area (Å²) in [6.45, 7) is 0.879. The van der Waals surface area contributed by atoms with Crippen LogP contribution in [0.25, 0.3) is 0 Å². The molecule has 18 heavy (non-hydrogen) atoms. The molecule has 0 spiro atoms. The van der Waals surface area contributed by atoms with Gasteiger partial charge >= 0.3 is 0 Å². The Balaban J connectivity index is 1.83. The lowest BCUT2D eigenvalue weighted by Crippen LogP contribution is -2.34. The zero-order chi connectivity index (χ0) is 12.8. The monoisotopic (exact) mass is 247 g/mol. The normalized spacial score (nSPS) is 18.2. The van der Waals surface area contributed by atoms with E-state index in [4.69, 9.17) is 5.11 Å². The topological polar surface area (TPSA) is 49.3 Å². The summed E-state index contributed by atoms with van der Waals surface area (Å²) in [5, 5.41) is 11.6. The number of fused-ring (bicyclic) bond motifs is 1. The van der Waals surface area contributed by atoms with Crippen LogP contribution < -0.4 is 5.32 Å². The predicted octanol–water partition coefficient (Wildman–Crippen LogP) is 1.68. The number of aliphatic hydroxyl groups excluding tert-OH is 1. The van der Waals surface area contributed by atoms with E-state index >= 15 is 0 Å². The Labute approximate surface area is 108 Å². The molecule has 1 aliphatic rings. The molecule has 0 radical (unpaired) electrons. The molecule has 0 saturated heterocycles. The lowest BCUT2D eigenvalue weighted by molar-refractivity contribution is -0.125.